The molecule has 188 valence electrons. The zero-order valence-corrected chi connectivity index (χ0v) is 22.5. The predicted molar refractivity (Wildman–Crippen MR) is 150 cm³/mol. The number of aromatic hydroxyl groups is 2. The van der Waals surface area contributed by atoms with Crippen LogP contribution in [0.25, 0.3) is 0 Å². The molecule has 4 aromatic carbocycles. The maximum Gasteiger partial charge on any atom is 0.313 e. The van der Waals surface area contributed by atoms with E-state index in [1.165, 1.54) is 5.56 Å². The summed E-state index contributed by atoms with van der Waals surface area (Å²) < 4.78 is -0.889. The lowest BCUT2D eigenvalue weighted by Crippen LogP contribution is -2.25. The maximum atomic E-state index is 9.57. The molecule has 0 atom stereocenters. The van der Waals surface area contributed by atoms with Crippen LogP contribution in [0.15, 0.2) is 109 Å². The summed E-state index contributed by atoms with van der Waals surface area (Å²) in [5, 5.41) is 19.1. The average Bonchev–Trinajstić information content (AvgIpc) is 2.85. The van der Waals surface area contributed by atoms with E-state index in [-0.39, 0.29) is 16.9 Å². The second-order valence-electron chi connectivity index (χ2n) is 9.43. The number of phenols is 2. The lowest BCUT2D eigenvalue weighted by Gasteiger charge is -2.32. The van der Waals surface area contributed by atoms with Crippen LogP contribution < -0.4 is 0 Å². The highest BCUT2D eigenvalue weighted by Gasteiger charge is 2.31. The largest absolute Gasteiger partial charge is 0.508 e. The molecule has 0 aliphatic carbocycles. The van der Waals surface area contributed by atoms with Crippen molar-refractivity contribution >= 4 is 27.9 Å². The number of hydrogen-bond donors (Lipinski definition) is 2. The molecule has 2 N–H and O–H groups in total. The molecule has 0 heterocycles. The first-order valence-corrected chi connectivity index (χ1v) is 12.2. The van der Waals surface area contributed by atoms with Crippen molar-refractivity contribution in [3.8, 4) is 11.5 Å². The van der Waals surface area contributed by atoms with Gasteiger partial charge in [-0.1, -0.05) is 106 Å². The van der Waals surface area contributed by atoms with Crippen LogP contribution in [-0.2, 0) is 10.8 Å². The first-order valence-electron chi connectivity index (χ1n) is 11.5. The van der Waals surface area contributed by atoms with Crippen LogP contribution >= 0.6 is 23.2 Å². The van der Waals surface area contributed by atoms with Crippen molar-refractivity contribution in [1.29, 1.82) is 0 Å². The molecule has 4 aromatic rings. The summed E-state index contributed by atoms with van der Waals surface area (Å²) >= 11 is 8.80. The van der Waals surface area contributed by atoms with Gasteiger partial charge in [0.15, 0.2) is 0 Å². The van der Waals surface area contributed by atoms with Crippen LogP contribution in [0.3, 0.4) is 0 Å². The van der Waals surface area contributed by atoms with Crippen molar-refractivity contribution in [1.82, 2.24) is 0 Å². The van der Waals surface area contributed by atoms with Crippen molar-refractivity contribution in [2.45, 2.75) is 38.5 Å². The fraction of sp³-hybridized carbons (Fsp3) is 0.194. The van der Waals surface area contributed by atoms with Gasteiger partial charge in [0.25, 0.3) is 0 Å². The van der Waals surface area contributed by atoms with Gasteiger partial charge < -0.3 is 10.2 Å². The van der Waals surface area contributed by atoms with Crippen molar-refractivity contribution in [3.05, 3.63) is 131 Å². The molecule has 4 rings (SSSR count). The topological polar surface area (TPSA) is 57.5 Å². The van der Waals surface area contributed by atoms with Gasteiger partial charge in [0.05, 0.1) is 0 Å². The Bertz CT molecular complexity index is 1150. The zero-order chi connectivity index (χ0) is 26.8. The number of phenolic OH excluding ortho intramolecular Hbond substituents is 2. The molecule has 0 bridgehead atoms. The number of benzene rings is 4. The summed E-state index contributed by atoms with van der Waals surface area (Å²) in [6, 6.07) is 35.4. The molecule has 0 aliphatic heterocycles. The molecule has 0 spiro atoms. The maximum absolute atomic E-state index is 9.57. The van der Waals surface area contributed by atoms with E-state index < -0.39 is 4.70 Å². The lowest BCUT2D eigenvalue weighted by atomic mass is 9.71. The first-order chi connectivity index (χ1) is 16.9. The molecule has 0 fully saturated rings. The predicted octanol–water partition coefficient (Wildman–Crippen LogP) is 9.02. The minimum atomic E-state index is -0.889. The molecule has 3 nitrogen and oxygen atoms in total. The normalized spacial score (nSPS) is 10.8. The van der Waals surface area contributed by atoms with E-state index >= 15 is 0 Å². The molecule has 0 unspecified atom stereocenters. The van der Waals surface area contributed by atoms with Gasteiger partial charge in [0, 0.05) is 5.41 Å². The third-order valence-electron chi connectivity index (χ3n) is 5.88. The highest BCUT2D eigenvalue weighted by Crippen LogP contribution is 2.39. The van der Waals surface area contributed by atoms with Crippen molar-refractivity contribution in [2.24, 2.45) is 0 Å². The third kappa shape index (κ3) is 8.44. The summed E-state index contributed by atoms with van der Waals surface area (Å²) in [7, 11) is 0. The van der Waals surface area contributed by atoms with Crippen LogP contribution in [0.1, 0.15) is 49.9 Å². The number of hydrogen-bond acceptors (Lipinski definition) is 3. The lowest BCUT2D eigenvalue weighted by molar-refractivity contribution is 0.275. The molecular weight excluding hydrogens is 491 g/mol. The summed E-state index contributed by atoms with van der Waals surface area (Å²) in [6.07, 6.45) is 0. The Morgan fingerprint density at radius 3 is 1.08 bits per heavy atom. The molecule has 0 radical (unpaired) electrons. The molecule has 5 heteroatoms. The first kappa shape index (κ1) is 29.0. The molecule has 0 aromatic heterocycles. The van der Waals surface area contributed by atoms with Gasteiger partial charge in [0.1, 0.15) is 11.5 Å². The summed E-state index contributed by atoms with van der Waals surface area (Å²) in [4.78, 5) is 8.98. The number of rotatable bonds is 3. The van der Waals surface area contributed by atoms with Crippen LogP contribution in [0.4, 0.5) is 4.79 Å². The molecule has 0 saturated carbocycles. The SMILES string of the molecule is CC(C)(C)c1ccccc1.CC(c1ccccc1)(c1ccc(O)cc1)c1ccc(O)cc1.O=C(Cl)Cl. The van der Waals surface area contributed by atoms with Gasteiger partial charge in [-0.2, -0.15) is 0 Å². The number of halogens is 2. The molecule has 0 amide bonds. The van der Waals surface area contributed by atoms with Gasteiger partial charge >= 0.3 is 4.70 Å². The van der Waals surface area contributed by atoms with Crippen LogP contribution in [0.2, 0.25) is 0 Å². The fourth-order valence-electron chi connectivity index (χ4n) is 3.80. The van der Waals surface area contributed by atoms with Crippen LogP contribution in [0, 0.1) is 0 Å². The van der Waals surface area contributed by atoms with Gasteiger partial charge in [-0.05, 0) is 82.1 Å². The van der Waals surface area contributed by atoms with Gasteiger partial charge in [-0.15, -0.1) is 0 Å². The summed E-state index contributed by atoms with van der Waals surface area (Å²) in [5.41, 5.74) is 4.66. The van der Waals surface area contributed by atoms with Crippen LogP contribution in [0.5, 0.6) is 11.5 Å². The van der Waals surface area contributed by atoms with Crippen molar-refractivity contribution in [3.63, 3.8) is 0 Å². The number of carbonyl (C=O) groups excluding carboxylic acids is 1. The Balaban J connectivity index is 0.000000270. The van der Waals surface area contributed by atoms with E-state index in [0.717, 1.165) is 16.7 Å². The molecule has 0 aliphatic rings. The third-order valence-corrected chi connectivity index (χ3v) is 5.88. The average molecular weight is 524 g/mol. The fourth-order valence-corrected chi connectivity index (χ4v) is 3.80. The van der Waals surface area contributed by atoms with Gasteiger partial charge in [0.2, 0.25) is 0 Å². The Morgan fingerprint density at radius 2 is 0.806 bits per heavy atom. The highest BCUT2D eigenvalue weighted by molar-refractivity contribution is 6.93. The Morgan fingerprint density at radius 1 is 0.528 bits per heavy atom. The zero-order valence-electron chi connectivity index (χ0n) is 21.0. The number of carbonyl (C=O) groups is 1. The van der Waals surface area contributed by atoms with E-state index in [2.05, 4.69) is 93.4 Å². The highest BCUT2D eigenvalue weighted by atomic mass is 35.5. The van der Waals surface area contributed by atoms with E-state index in [1.54, 1.807) is 24.3 Å². The van der Waals surface area contributed by atoms with Gasteiger partial charge in [-0.25, -0.2) is 0 Å². The quantitative estimate of drug-likeness (QED) is 0.208. The minimum Gasteiger partial charge on any atom is -0.508 e. The second kappa shape index (κ2) is 13.2. The van der Waals surface area contributed by atoms with Gasteiger partial charge in [-0.3, -0.25) is 4.79 Å². The molecule has 0 saturated heterocycles. The standard InChI is InChI=1S/C20H18O2.C10H14.CCl2O/c1-20(15-5-3-2-4-6-15,16-7-11-18(21)12-8-16)17-9-13-19(22)14-10-17;1-10(2,3)9-7-5-4-6-8-9;2-1(3)4/h2-14,21-22H,1H3;4-8H,1-3H3;. The molecule has 36 heavy (non-hydrogen) atoms. The van der Waals surface area contributed by atoms with E-state index in [4.69, 9.17) is 4.79 Å². The Kier molecular flexibility index (Phi) is 10.6. The van der Waals surface area contributed by atoms with Crippen LogP contribution in [-0.4, -0.2) is 14.9 Å². The Hall–Kier alpha value is -3.27. The monoisotopic (exact) mass is 522 g/mol. The van der Waals surface area contributed by atoms with E-state index in [0.29, 0.717) is 5.41 Å². The van der Waals surface area contributed by atoms with E-state index in [9.17, 15) is 10.2 Å². The van der Waals surface area contributed by atoms with Crippen molar-refractivity contribution in [2.75, 3.05) is 0 Å². The Labute approximate surface area is 224 Å². The second-order valence-corrected chi connectivity index (χ2v) is 10.3. The van der Waals surface area contributed by atoms with Crippen molar-refractivity contribution < 1.29 is 15.0 Å². The smallest absolute Gasteiger partial charge is 0.313 e. The minimum absolute atomic E-state index is 0.255. The molecular formula is C31H32Cl2O3. The summed E-state index contributed by atoms with van der Waals surface area (Å²) in [5.74, 6) is 0.509. The van der Waals surface area contributed by atoms with E-state index in [1.807, 2.05) is 42.5 Å². The summed E-state index contributed by atoms with van der Waals surface area (Å²) in [6.45, 7) is 8.83.